The lowest BCUT2D eigenvalue weighted by Crippen LogP contribution is -2.33. The maximum Gasteiger partial charge on any atom is 0.230 e. The highest BCUT2D eigenvalue weighted by molar-refractivity contribution is 7.89. The van der Waals surface area contributed by atoms with Gasteiger partial charge in [-0.2, -0.15) is 9.57 Å². The van der Waals surface area contributed by atoms with Crippen LogP contribution in [0.15, 0.2) is 24.3 Å². The van der Waals surface area contributed by atoms with Crippen molar-refractivity contribution in [3.63, 3.8) is 0 Å². The second kappa shape index (κ2) is 5.85. The Morgan fingerprint density at radius 2 is 1.94 bits per heavy atom. The molecule has 0 amide bonds. The summed E-state index contributed by atoms with van der Waals surface area (Å²) in [4.78, 5) is 0. The van der Waals surface area contributed by atoms with Crippen LogP contribution in [0.3, 0.4) is 0 Å². The lowest BCUT2D eigenvalue weighted by molar-refractivity contribution is 0.414. The first-order valence-electron chi connectivity index (χ1n) is 5.39. The van der Waals surface area contributed by atoms with Crippen molar-refractivity contribution in [3.8, 4) is 11.8 Å². The summed E-state index contributed by atoms with van der Waals surface area (Å²) in [6.45, 7) is 1.61. The second-order valence-corrected chi connectivity index (χ2v) is 6.28. The fourth-order valence-electron chi connectivity index (χ4n) is 1.41. The number of hydrogen-bond donors (Lipinski definition) is 0. The molecule has 6 heteroatoms. The van der Waals surface area contributed by atoms with E-state index in [0.29, 0.717) is 0 Å². The molecule has 0 saturated carbocycles. The number of nitrogens with zero attached hydrogens (tertiary/aromatic N) is 2. The van der Waals surface area contributed by atoms with E-state index < -0.39 is 15.3 Å². The van der Waals surface area contributed by atoms with Crippen molar-refractivity contribution in [2.45, 2.75) is 18.7 Å². The van der Waals surface area contributed by atoms with Crippen LogP contribution in [-0.2, 0) is 16.6 Å². The Kier molecular flexibility index (Phi) is 4.70. The standard InChI is InChI=1S/C12H16N2O3S/c1-10(8-13)18(15,16)14(2)9-11-4-6-12(17-3)7-5-11/h4-7,10H,9H2,1-3H3. The summed E-state index contributed by atoms with van der Waals surface area (Å²) in [6.07, 6.45) is 0. The Bertz CT molecular complexity index is 531. The zero-order chi connectivity index (χ0) is 13.8. The van der Waals surface area contributed by atoms with Crippen LogP contribution < -0.4 is 4.74 Å². The smallest absolute Gasteiger partial charge is 0.230 e. The van der Waals surface area contributed by atoms with Crippen LogP contribution in [0.5, 0.6) is 5.75 Å². The number of benzene rings is 1. The Labute approximate surface area is 108 Å². The Morgan fingerprint density at radius 3 is 2.39 bits per heavy atom. The molecule has 0 radical (unpaired) electrons. The molecule has 0 aliphatic heterocycles. The van der Waals surface area contributed by atoms with Crippen molar-refractivity contribution < 1.29 is 13.2 Å². The average Bonchev–Trinajstić information content (AvgIpc) is 2.38. The first-order chi connectivity index (χ1) is 8.41. The fraction of sp³-hybridized carbons (Fsp3) is 0.417. The van der Waals surface area contributed by atoms with E-state index in [1.807, 2.05) is 0 Å². The third-order valence-corrected chi connectivity index (χ3v) is 4.62. The van der Waals surface area contributed by atoms with Crippen LogP contribution in [0.1, 0.15) is 12.5 Å². The van der Waals surface area contributed by atoms with E-state index in [1.165, 1.54) is 18.3 Å². The van der Waals surface area contributed by atoms with Crippen molar-refractivity contribution in [2.24, 2.45) is 0 Å². The topological polar surface area (TPSA) is 70.4 Å². The van der Waals surface area contributed by atoms with E-state index in [4.69, 9.17) is 10.00 Å². The van der Waals surface area contributed by atoms with E-state index in [-0.39, 0.29) is 6.54 Å². The van der Waals surface area contributed by atoms with Gasteiger partial charge in [-0.15, -0.1) is 0 Å². The van der Waals surface area contributed by atoms with Crippen LogP contribution >= 0.6 is 0 Å². The van der Waals surface area contributed by atoms with E-state index in [9.17, 15) is 8.42 Å². The summed E-state index contributed by atoms with van der Waals surface area (Å²) in [5.74, 6) is 0.717. The highest BCUT2D eigenvalue weighted by atomic mass is 32.2. The molecule has 0 aliphatic rings. The molecule has 0 saturated heterocycles. The minimum absolute atomic E-state index is 0.234. The highest BCUT2D eigenvalue weighted by Gasteiger charge is 2.25. The summed E-state index contributed by atoms with van der Waals surface area (Å²) < 4.78 is 29.9. The molecule has 0 aromatic heterocycles. The number of methoxy groups -OCH3 is 1. The molecule has 0 fully saturated rings. The molecule has 0 aliphatic carbocycles. The zero-order valence-corrected chi connectivity index (χ0v) is 11.4. The van der Waals surface area contributed by atoms with E-state index >= 15 is 0 Å². The van der Waals surface area contributed by atoms with Crippen molar-refractivity contribution >= 4 is 10.0 Å². The number of sulfonamides is 1. The third kappa shape index (κ3) is 3.22. The van der Waals surface area contributed by atoms with Gasteiger partial charge in [-0.1, -0.05) is 12.1 Å². The molecule has 98 valence electrons. The quantitative estimate of drug-likeness (QED) is 0.808. The lowest BCUT2D eigenvalue weighted by atomic mass is 10.2. The van der Waals surface area contributed by atoms with E-state index in [2.05, 4.69) is 0 Å². The first kappa shape index (κ1) is 14.5. The second-order valence-electron chi connectivity index (χ2n) is 3.92. The molecule has 18 heavy (non-hydrogen) atoms. The maximum absolute atomic E-state index is 11.9. The number of ether oxygens (including phenoxy) is 1. The molecular formula is C12H16N2O3S. The molecule has 0 bridgehead atoms. The predicted molar refractivity (Wildman–Crippen MR) is 68.5 cm³/mol. The Balaban J connectivity index is 2.81. The van der Waals surface area contributed by atoms with Gasteiger partial charge >= 0.3 is 0 Å². The Morgan fingerprint density at radius 1 is 1.39 bits per heavy atom. The summed E-state index contributed by atoms with van der Waals surface area (Å²) in [7, 11) is -0.527. The highest BCUT2D eigenvalue weighted by Crippen LogP contribution is 2.15. The van der Waals surface area contributed by atoms with Gasteiger partial charge in [-0.3, -0.25) is 0 Å². The fourth-order valence-corrected chi connectivity index (χ4v) is 2.42. The number of rotatable bonds is 5. The van der Waals surface area contributed by atoms with Gasteiger partial charge in [0.15, 0.2) is 5.25 Å². The van der Waals surface area contributed by atoms with Crippen LogP contribution in [0.4, 0.5) is 0 Å². The van der Waals surface area contributed by atoms with Crippen molar-refractivity contribution in [2.75, 3.05) is 14.2 Å². The van der Waals surface area contributed by atoms with Crippen LogP contribution in [0.2, 0.25) is 0 Å². The van der Waals surface area contributed by atoms with Gasteiger partial charge < -0.3 is 4.74 Å². The molecule has 1 aromatic carbocycles. The van der Waals surface area contributed by atoms with E-state index in [0.717, 1.165) is 11.3 Å². The Hall–Kier alpha value is -1.58. The minimum atomic E-state index is -3.56. The van der Waals surface area contributed by atoms with Crippen molar-refractivity contribution in [1.82, 2.24) is 4.31 Å². The largest absolute Gasteiger partial charge is 0.497 e. The van der Waals surface area contributed by atoms with Gasteiger partial charge in [0.1, 0.15) is 5.75 Å². The van der Waals surface area contributed by atoms with Crippen molar-refractivity contribution in [3.05, 3.63) is 29.8 Å². The van der Waals surface area contributed by atoms with Gasteiger partial charge in [-0.25, -0.2) is 8.42 Å². The SMILES string of the molecule is COc1ccc(CN(C)S(=O)(=O)C(C)C#N)cc1. The molecule has 1 atom stereocenters. The van der Waals surface area contributed by atoms with Crippen LogP contribution in [0, 0.1) is 11.3 Å². The van der Waals surface area contributed by atoms with Crippen molar-refractivity contribution in [1.29, 1.82) is 5.26 Å². The molecular weight excluding hydrogens is 252 g/mol. The average molecular weight is 268 g/mol. The minimum Gasteiger partial charge on any atom is -0.497 e. The van der Waals surface area contributed by atoms with Gasteiger partial charge in [-0.05, 0) is 24.6 Å². The molecule has 1 rings (SSSR count). The zero-order valence-electron chi connectivity index (χ0n) is 10.6. The predicted octanol–water partition coefficient (Wildman–Crippen LogP) is 1.37. The molecule has 1 unspecified atom stereocenters. The molecule has 0 spiro atoms. The summed E-state index contributed by atoms with van der Waals surface area (Å²) in [6, 6.07) is 8.86. The number of hydrogen-bond acceptors (Lipinski definition) is 4. The monoisotopic (exact) mass is 268 g/mol. The molecule has 0 N–H and O–H groups in total. The molecule has 1 aromatic rings. The van der Waals surface area contributed by atoms with Gasteiger partial charge in [0.05, 0.1) is 13.2 Å². The molecule has 0 heterocycles. The first-order valence-corrected chi connectivity index (χ1v) is 6.90. The van der Waals surface area contributed by atoms with Gasteiger partial charge in [0.25, 0.3) is 0 Å². The van der Waals surface area contributed by atoms with Gasteiger partial charge in [0, 0.05) is 13.6 Å². The normalized spacial score (nSPS) is 13.1. The lowest BCUT2D eigenvalue weighted by Gasteiger charge is -2.18. The maximum atomic E-state index is 11.9. The number of nitriles is 1. The summed E-state index contributed by atoms with van der Waals surface area (Å²) in [5.41, 5.74) is 0.840. The van der Waals surface area contributed by atoms with E-state index in [1.54, 1.807) is 37.4 Å². The van der Waals surface area contributed by atoms with Crippen LogP contribution in [0.25, 0.3) is 0 Å². The summed E-state index contributed by atoms with van der Waals surface area (Å²) in [5, 5.41) is 7.64. The molecule has 5 nitrogen and oxygen atoms in total. The summed E-state index contributed by atoms with van der Waals surface area (Å²) >= 11 is 0. The van der Waals surface area contributed by atoms with Gasteiger partial charge in [0.2, 0.25) is 10.0 Å². The van der Waals surface area contributed by atoms with Crippen LogP contribution in [-0.4, -0.2) is 32.1 Å². The third-order valence-electron chi connectivity index (χ3n) is 2.63.